The Hall–Kier alpha value is -0.540. The Labute approximate surface area is 108 Å². The number of hydrogen-bond donors (Lipinski definition) is 1. The Bertz CT molecular complexity index is 416. The summed E-state index contributed by atoms with van der Waals surface area (Å²) in [7, 11) is 1.84. The molecule has 1 aromatic rings. The van der Waals surface area contributed by atoms with Crippen LogP contribution in [0.25, 0.3) is 0 Å². The van der Waals surface area contributed by atoms with Crippen LogP contribution < -0.4 is 0 Å². The largest absolute Gasteiger partial charge is 0.390 e. The Morgan fingerprint density at radius 1 is 1.59 bits per heavy atom. The second-order valence-electron chi connectivity index (χ2n) is 5.40. The minimum atomic E-state index is -0.571. The third kappa shape index (κ3) is 2.50. The van der Waals surface area contributed by atoms with Crippen LogP contribution in [-0.2, 0) is 13.5 Å². The fraction of sp³-hybridized carbons (Fsp3) is 0.769. The molecule has 1 aromatic heterocycles. The fourth-order valence-electron chi connectivity index (χ4n) is 2.93. The molecule has 2 unspecified atom stereocenters. The molecule has 0 spiro atoms. The lowest BCUT2D eigenvalue weighted by Crippen LogP contribution is -2.28. The molecule has 1 fully saturated rings. The third-order valence-corrected chi connectivity index (χ3v) is 4.51. The molecule has 96 valence electrons. The van der Waals surface area contributed by atoms with Crippen molar-refractivity contribution in [1.29, 1.82) is 0 Å². The van der Waals surface area contributed by atoms with Gasteiger partial charge in [0.1, 0.15) is 5.15 Å². The summed E-state index contributed by atoms with van der Waals surface area (Å²) in [4.78, 5) is 0. The number of aryl methyl sites for hydroxylation is 2. The molecule has 0 bridgehead atoms. The molecule has 0 radical (unpaired) electrons. The highest BCUT2D eigenvalue weighted by molar-refractivity contribution is 6.30. The summed E-state index contributed by atoms with van der Waals surface area (Å²) in [5.74, 6) is 0.663. The van der Waals surface area contributed by atoms with Crippen LogP contribution in [0.2, 0.25) is 5.15 Å². The molecule has 0 amide bonds. The first-order chi connectivity index (χ1) is 7.95. The highest BCUT2D eigenvalue weighted by atomic mass is 35.5. The van der Waals surface area contributed by atoms with E-state index in [4.69, 9.17) is 11.6 Å². The molecule has 1 saturated carbocycles. The van der Waals surface area contributed by atoms with Gasteiger partial charge < -0.3 is 5.11 Å². The summed E-state index contributed by atoms with van der Waals surface area (Å²) in [6.07, 6.45) is 4.71. The van der Waals surface area contributed by atoms with Crippen LogP contribution in [0.4, 0.5) is 0 Å². The molecule has 0 saturated heterocycles. The maximum atomic E-state index is 10.6. The molecular weight excluding hydrogens is 236 g/mol. The van der Waals surface area contributed by atoms with Gasteiger partial charge in [0.2, 0.25) is 0 Å². The van der Waals surface area contributed by atoms with Crippen molar-refractivity contribution in [2.45, 2.75) is 51.6 Å². The highest BCUT2D eigenvalue weighted by Gasteiger charge is 2.37. The van der Waals surface area contributed by atoms with Gasteiger partial charge in [-0.3, -0.25) is 4.68 Å². The molecule has 1 heterocycles. The van der Waals surface area contributed by atoms with E-state index in [0.717, 1.165) is 36.9 Å². The van der Waals surface area contributed by atoms with Crippen molar-refractivity contribution in [1.82, 2.24) is 9.78 Å². The molecule has 2 atom stereocenters. The number of rotatable bonds is 3. The average Bonchev–Trinajstić information content (AvgIpc) is 2.76. The van der Waals surface area contributed by atoms with Crippen LogP contribution in [0, 0.1) is 12.8 Å². The molecule has 17 heavy (non-hydrogen) atoms. The van der Waals surface area contributed by atoms with Crippen molar-refractivity contribution in [3.05, 3.63) is 16.4 Å². The molecule has 1 aliphatic rings. The molecule has 1 aliphatic carbocycles. The van der Waals surface area contributed by atoms with E-state index in [0.29, 0.717) is 17.5 Å². The van der Waals surface area contributed by atoms with Gasteiger partial charge >= 0.3 is 0 Å². The van der Waals surface area contributed by atoms with Crippen LogP contribution in [0.5, 0.6) is 0 Å². The first-order valence-electron chi connectivity index (χ1n) is 6.35. The van der Waals surface area contributed by atoms with Gasteiger partial charge in [-0.25, -0.2) is 0 Å². The van der Waals surface area contributed by atoms with E-state index in [-0.39, 0.29) is 0 Å². The lowest BCUT2D eigenvalue weighted by molar-refractivity contribution is 0.0435. The number of hydrogen-bond acceptors (Lipinski definition) is 2. The lowest BCUT2D eigenvalue weighted by Gasteiger charge is -2.22. The minimum absolute atomic E-state index is 0.571. The van der Waals surface area contributed by atoms with E-state index < -0.39 is 5.60 Å². The molecule has 4 heteroatoms. The Morgan fingerprint density at radius 3 is 2.76 bits per heavy atom. The van der Waals surface area contributed by atoms with Gasteiger partial charge in [-0.1, -0.05) is 24.9 Å². The number of halogens is 1. The molecular formula is C13H21ClN2O. The number of nitrogens with zero attached hydrogens (tertiary/aromatic N) is 2. The SMILES string of the molecule is CCC1CCC(O)(Cc2c(C)nn(C)c2Cl)C1. The highest BCUT2D eigenvalue weighted by Crippen LogP contribution is 2.39. The van der Waals surface area contributed by atoms with E-state index in [9.17, 15) is 5.11 Å². The van der Waals surface area contributed by atoms with Crippen LogP contribution in [0.15, 0.2) is 0 Å². The summed E-state index contributed by atoms with van der Waals surface area (Å²) in [5.41, 5.74) is 1.37. The van der Waals surface area contributed by atoms with E-state index in [2.05, 4.69) is 12.0 Å². The Kier molecular flexibility index (Phi) is 3.50. The van der Waals surface area contributed by atoms with Crippen LogP contribution in [0.1, 0.15) is 43.9 Å². The van der Waals surface area contributed by atoms with Crippen molar-refractivity contribution >= 4 is 11.6 Å². The second-order valence-corrected chi connectivity index (χ2v) is 5.75. The summed E-state index contributed by atoms with van der Waals surface area (Å²) in [6.45, 7) is 4.15. The number of aromatic nitrogens is 2. The molecule has 1 N–H and O–H groups in total. The van der Waals surface area contributed by atoms with Gasteiger partial charge in [0.15, 0.2) is 0 Å². The summed E-state index contributed by atoms with van der Waals surface area (Å²) in [5, 5.41) is 15.6. The van der Waals surface area contributed by atoms with Crippen molar-refractivity contribution in [3.8, 4) is 0 Å². The van der Waals surface area contributed by atoms with E-state index in [1.807, 2.05) is 14.0 Å². The van der Waals surface area contributed by atoms with Crippen molar-refractivity contribution in [2.75, 3.05) is 0 Å². The van der Waals surface area contributed by atoms with Crippen molar-refractivity contribution < 1.29 is 5.11 Å². The summed E-state index contributed by atoms with van der Waals surface area (Å²) in [6, 6.07) is 0. The molecule has 0 aliphatic heterocycles. The zero-order chi connectivity index (χ0) is 12.6. The van der Waals surface area contributed by atoms with Crippen LogP contribution >= 0.6 is 11.6 Å². The topological polar surface area (TPSA) is 38.1 Å². The molecule has 2 rings (SSSR count). The van der Waals surface area contributed by atoms with Gasteiger partial charge in [0, 0.05) is 19.0 Å². The summed E-state index contributed by atoms with van der Waals surface area (Å²) < 4.78 is 1.68. The fourth-order valence-corrected chi connectivity index (χ4v) is 3.17. The van der Waals surface area contributed by atoms with E-state index >= 15 is 0 Å². The molecule has 3 nitrogen and oxygen atoms in total. The second kappa shape index (κ2) is 4.62. The minimum Gasteiger partial charge on any atom is -0.390 e. The average molecular weight is 257 g/mol. The van der Waals surface area contributed by atoms with Crippen molar-refractivity contribution in [3.63, 3.8) is 0 Å². The monoisotopic (exact) mass is 256 g/mol. The number of aliphatic hydroxyl groups is 1. The maximum Gasteiger partial charge on any atom is 0.130 e. The predicted molar refractivity (Wildman–Crippen MR) is 69.2 cm³/mol. The smallest absolute Gasteiger partial charge is 0.130 e. The quantitative estimate of drug-likeness (QED) is 0.903. The van der Waals surface area contributed by atoms with Gasteiger partial charge in [-0.05, 0) is 32.1 Å². The first-order valence-corrected chi connectivity index (χ1v) is 6.73. The predicted octanol–water partition coefficient (Wildman–Crippen LogP) is 2.87. The normalized spacial score (nSPS) is 28.9. The standard InChI is InChI=1S/C13H21ClN2O/c1-4-10-5-6-13(17,7-10)8-11-9(2)15-16(3)12(11)14/h10,17H,4-8H2,1-3H3. The summed E-state index contributed by atoms with van der Waals surface area (Å²) >= 11 is 6.21. The Balaban J connectivity index is 2.16. The van der Waals surface area contributed by atoms with Crippen molar-refractivity contribution in [2.24, 2.45) is 13.0 Å². The van der Waals surface area contributed by atoms with E-state index in [1.54, 1.807) is 4.68 Å². The molecule has 0 aromatic carbocycles. The van der Waals surface area contributed by atoms with Crippen LogP contribution in [-0.4, -0.2) is 20.5 Å². The van der Waals surface area contributed by atoms with Gasteiger partial charge in [-0.2, -0.15) is 5.10 Å². The Morgan fingerprint density at radius 2 is 2.29 bits per heavy atom. The van der Waals surface area contributed by atoms with Gasteiger partial charge in [0.05, 0.1) is 11.3 Å². The lowest BCUT2D eigenvalue weighted by atomic mass is 9.91. The van der Waals surface area contributed by atoms with Crippen LogP contribution in [0.3, 0.4) is 0 Å². The zero-order valence-electron chi connectivity index (χ0n) is 10.8. The van der Waals surface area contributed by atoms with Gasteiger partial charge in [-0.15, -0.1) is 0 Å². The van der Waals surface area contributed by atoms with Gasteiger partial charge in [0.25, 0.3) is 0 Å². The maximum absolute atomic E-state index is 10.6. The van der Waals surface area contributed by atoms with E-state index in [1.165, 1.54) is 0 Å². The third-order valence-electron chi connectivity index (χ3n) is 4.04. The zero-order valence-corrected chi connectivity index (χ0v) is 11.6. The first kappa shape index (κ1) is 12.9.